The Morgan fingerprint density at radius 3 is 2.36 bits per heavy atom. The number of aliphatic hydroxyl groups excluding tert-OH is 1. The van der Waals surface area contributed by atoms with Gasteiger partial charge in [0.25, 0.3) is 0 Å². The maximum Gasteiger partial charge on any atom is 0.410 e. The zero-order valence-electron chi connectivity index (χ0n) is 16.6. The van der Waals surface area contributed by atoms with Crippen LogP contribution in [0, 0.1) is 11.3 Å². The second-order valence-electron chi connectivity index (χ2n) is 9.13. The van der Waals surface area contributed by atoms with Crippen LogP contribution in [0.25, 0.3) is 0 Å². The van der Waals surface area contributed by atoms with Crippen LogP contribution in [0.3, 0.4) is 0 Å². The first-order valence-electron chi connectivity index (χ1n) is 10.1. The number of nitrogens with one attached hydrogen (secondary N) is 1. The highest BCUT2D eigenvalue weighted by Gasteiger charge is 2.42. The molecule has 5 heteroatoms. The van der Waals surface area contributed by atoms with Gasteiger partial charge in [0, 0.05) is 25.7 Å². The topological polar surface area (TPSA) is 61.8 Å². The van der Waals surface area contributed by atoms with E-state index in [0.29, 0.717) is 0 Å². The molecule has 0 aromatic rings. The minimum atomic E-state index is -0.437. The first kappa shape index (κ1) is 20.5. The van der Waals surface area contributed by atoms with Gasteiger partial charge in [-0.05, 0) is 64.7 Å². The standard InChI is InChI=1S/C20H38N2O3/c1-16(14-23)21-15-20(17-8-6-5-7-9-17)10-12-22(13-11-20)18(24)25-19(2,3)4/h16-17,21,23H,5-15H2,1-4H3/t16-/m0/s1. The van der Waals surface area contributed by atoms with Gasteiger partial charge in [-0.3, -0.25) is 0 Å². The lowest BCUT2D eigenvalue weighted by Gasteiger charge is -2.48. The number of amides is 1. The molecule has 0 bridgehead atoms. The van der Waals surface area contributed by atoms with Gasteiger partial charge in [0.05, 0.1) is 6.61 Å². The molecule has 1 saturated heterocycles. The van der Waals surface area contributed by atoms with E-state index in [2.05, 4.69) is 5.32 Å². The molecule has 1 amide bonds. The highest BCUT2D eigenvalue weighted by Crippen LogP contribution is 2.45. The van der Waals surface area contributed by atoms with E-state index in [0.717, 1.165) is 38.4 Å². The number of nitrogens with zero attached hydrogens (tertiary/aromatic N) is 1. The molecule has 2 rings (SSSR count). The van der Waals surface area contributed by atoms with E-state index in [4.69, 9.17) is 4.74 Å². The fourth-order valence-corrected chi connectivity index (χ4v) is 4.35. The number of piperidine rings is 1. The van der Waals surface area contributed by atoms with Crippen molar-refractivity contribution in [2.75, 3.05) is 26.2 Å². The summed E-state index contributed by atoms with van der Waals surface area (Å²) in [4.78, 5) is 14.2. The summed E-state index contributed by atoms with van der Waals surface area (Å²) < 4.78 is 5.54. The number of likely N-dealkylation sites (tertiary alicyclic amines) is 1. The summed E-state index contributed by atoms with van der Waals surface area (Å²) in [6, 6.07) is 0.129. The summed E-state index contributed by atoms with van der Waals surface area (Å²) in [7, 11) is 0. The third-order valence-corrected chi connectivity index (χ3v) is 5.96. The third-order valence-electron chi connectivity index (χ3n) is 5.96. The molecule has 146 valence electrons. The van der Waals surface area contributed by atoms with Gasteiger partial charge in [-0.2, -0.15) is 0 Å². The lowest BCUT2D eigenvalue weighted by atomic mass is 9.63. The fraction of sp³-hybridized carbons (Fsp3) is 0.950. The molecule has 0 unspecified atom stereocenters. The highest BCUT2D eigenvalue weighted by molar-refractivity contribution is 5.68. The van der Waals surface area contributed by atoms with Gasteiger partial charge in [0.2, 0.25) is 0 Å². The van der Waals surface area contributed by atoms with Crippen molar-refractivity contribution in [3.05, 3.63) is 0 Å². The van der Waals surface area contributed by atoms with Crippen LogP contribution in [-0.4, -0.2) is 54.0 Å². The lowest BCUT2D eigenvalue weighted by Crippen LogP contribution is -2.52. The van der Waals surface area contributed by atoms with E-state index in [1.165, 1.54) is 32.1 Å². The average Bonchev–Trinajstić information content (AvgIpc) is 2.59. The number of carbonyl (C=O) groups excluding carboxylic acids is 1. The Hall–Kier alpha value is -0.810. The van der Waals surface area contributed by atoms with Gasteiger partial charge in [0.15, 0.2) is 0 Å². The zero-order valence-corrected chi connectivity index (χ0v) is 16.6. The summed E-state index contributed by atoms with van der Waals surface area (Å²) in [5.74, 6) is 0.737. The van der Waals surface area contributed by atoms with Crippen molar-refractivity contribution in [2.45, 2.75) is 84.3 Å². The van der Waals surface area contributed by atoms with E-state index in [1.807, 2.05) is 32.6 Å². The normalized spacial score (nSPS) is 23.3. The molecule has 2 fully saturated rings. The Labute approximate surface area is 153 Å². The van der Waals surface area contributed by atoms with Crippen molar-refractivity contribution in [3.8, 4) is 0 Å². The van der Waals surface area contributed by atoms with Crippen LogP contribution in [0.4, 0.5) is 4.79 Å². The molecule has 2 aliphatic rings. The second kappa shape index (κ2) is 8.72. The van der Waals surface area contributed by atoms with Crippen LogP contribution < -0.4 is 5.32 Å². The number of aliphatic hydroxyl groups is 1. The average molecular weight is 355 g/mol. The molecule has 0 aromatic heterocycles. The van der Waals surface area contributed by atoms with E-state index in [9.17, 15) is 9.90 Å². The third kappa shape index (κ3) is 5.85. The minimum absolute atomic E-state index is 0.129. The fourth-order valence-electron chi connectivity index (χ4n) is 4.35. The van der Waals surface area contributed by atoms with Crippen LogP contribution in [0.2, 0.25) is 0 Å². The molecule has 2 N–H and O–H groups in total. The molecule has 0 radical (unpaired) electrons. The van der Waals surface area contributed by atoms with Crippen LogP contribution in [0.5, 0.6) is 0 Å². The van der Waals surface area contributed by atoms with Gasteiger partial charge < -0.3 is 20.1 Å². The monoisotopic (exact) mass is 354 g/mol. The Morgan fingerprint density at radius 1 is 1.24 bits per heavy atom. The van der Waals surface area contributed by atoms with E-state index in [1.54, 1.807) is 0 Å². The smallest absolute Gasteiger partial charge is 0.410 e. The van der Waals surface area contributed by atoms with Crippen molar-refractivity contribution >= 4 is 6.09 Å². The van der Waals surface area contributed by atoms with Gasteiger partial charge >= 0.3 is 6.09 Å². The summed E-state index contributed by atoms with van der Waals surface area (Å²) in [6.45, 7) is 10.5. The van der Waals surface area contributed by atoms with Crippen molar-refractivity contribution in [2.24, 2.45) is 11.3 Å². The zero-order chi connectivity index (χ0) is 18.5. The van der Waals surface area contributed by atoms with Crippen molar-refractivity contribution < 1.29 is 14.6 Å². The van der Waals surface area contributed by atoms with Gasteiger partial charge in [-0.15, -0.1) is 0 Å². The Bertz CT molecular complexity index is 419. The van der Waals surface area contributed by atoms with Crippen molar-refractivity contribution in [1.29, 1.82) is 0 Å². The Kier molecular flexibility index (Phi) is 7.15. The molecule has 1 aliphatic heterocycles. The molecular weight excluding hydrogens is 316 g/mol. The number of ether oxygens (including phenoxy) is 1. The Balaban J connectivity index is 1.99. The number of rotatable bonds is 5. The maximum absolute atomic E-state index is 12.4. The molecule has 1 atom stereocenters. The summed E-state index contributed by atoms with van der Waals surface area (Å²) in [5.41, 5.74) is -0.185. The van der Waals surface area contributed by atoms with Crippen LogP contribution >= 0.6 is 0 Å². The Morgan fingerprint density at radius 2 is 1.84 bits per heavy atom. The first-order valence-corrected chi connectivity index (χ1v) is 10.1. The molecule has 1 heterocycles. The van der Waals surface area contributed by atoms with Crippen LogP contribution in [0.15, 0.2) is 0 Å². The quantitative estimate of drug-likeness (QED) is 0.792. The van der Waals surface area contributed by atoms with Gasteiger partial charge in [-0.1, -0.05) is 19.3 Å². The molecular formula is C20H38N2O3. The van der Waals surface area contributed by atoms with Crippen LogP contribution in [-0.2, 0) is 4.74 Å². The number of hydrogen-bond acceptors (Lipinski definition) is 4. The molecule has 0 spiro atoms. The largest absolute Gasteiger partial charge is 0.444 e. The molecule has 5 nitrogen and oxygen atoms in total. The molecule has 0 aromatic carbocycles. The maximum atomic E-state index is 12.4. The predicted octanol–water partition coefficient (Wildman–Crippen LogP) is 3.55. The van der Waals surface area contributed by atoms with Gasteiger partial charge in [0.1, 0.15) is 5.60 Å². The second-order valence-corrected chi connectivity index (χ2v) is 9.13. The highest BCUT2D eigenvalue weighted by atomic mass is 16.6. The summed E-state index contributed by atoms with van der Waals surface area (Å²) in [5, 5.41) is 12.9. The molecule has 25 heavy (non-hydrogen) atoms. The van der Waals surface area contributed by atoms with E-state index >= 15 is 0 Å². The SMILES string of the molecule is C[C@@H](CO)NCC1(C2CCCCC2)CCN(C(=O)OC(C)(C)C)CC1. The minimum Gasteiger partial charge on any atom is -0.444 e. The lowest BCUT2D eigenvalue weighted by molar-refractivity contribution is -0.00688. The van der Waals surface area contributed by atoms with Crippen molar-refractivity contribution in [1.82, 2.24) is 10.2 Å². The molecule has 1 aliphatic carbocycles. The first-order chi connectivity index (χ1) is 11.8. The molecule has 1 saturated carbocycles. The van der Waals surface area contributed by atoms with Crippen LogP contribution in [0.1, 0.15) is 72.6 Å². The number of hydrogen-bond donors (Lipinski definition) is 2. The number of carbonyl (C=O) groups is 1. The van der Waals surface area contributed by atoms with Gasteiger partial charge in [-0.25, -0.2) is 4.79 Å². The summed E-state index contributed by atoms with van der Waals surface area (Å²) in [6.07, 6.45) is 8.52. The van der Waals surface area contributed by atoms with E-state index < -0.39 is 5.60 Å². The summed E-state index contributed by atoms with van der Waals surface area (Å²) >= 11 is 0. The predicted molar refractivity (Wildman–Crippen MR) is 101 cm³/mol. The van der Waals surface area contributed by atoms with E-state index in [-0.39, 0.29) is 24.2 Å². The van der Waals surface area contributed by atoms with Crippen molar-refractivity contribution in [3.63, 3.8) is 0 Å².